The van der Waals surface area contributed by atoms with Gasteiger partial charge in [-0.05, 0) is 66.9 Å². The van der Waals surface area contributed by atoms with Crippen LogP contribution in [-0.4, -0.2) is 35.6 Å². The predicted molar refractivity (Wildman–Crippen MR) is 139 cm³/mol. The number of nitrogens with zero attached hydrogens (tertiary/aromatic N) is 2. The quantitative estimate of drug-likeness (QED) is 0.364. The molecule has 0 unspecified atom stereocenters. The maximum Gasteiger partial charge on any atom is 0.275 e. The molecule has 0 aliphatic carbocycles. The van der Waals surface area contributed by atoms with Crippen LogP contribution in [0.1, 0.15) is 37.5 Å². The van der Waals surface area contributed by atoms with Crippen LogP contribution in [0.2, 0.25) is 0 Å². The fraction of sp³-hybridized carbons (Fsp3) is 0.179. The van der Waals surface area contributed by atoms with Crippen LogP contribution in [0.3, 0.4) is 0 Å². The highest BCUT2D eigenvalue weighted by Gasteiger charge is 2.12. The topological polar surface area (TPSA) is 94.5 Å². The number of benzene rings is 3. The van der Waals surface area contributed by atoms with Crippen molar-refractivity contribution in [3.05, 3.63) is 101 Å². The molecule has 0 bridgehead atoms. The number of rotatable bonds is 8. The molecule has 1 aromatic heterocycles. The Morgan fingerprint density at radius 3 is 2.19 bits per heavy atom. The number of methoxy groups -OCH3 is 2. The summed E-state index contributed by atoms with van der Waals surface area (Å²) in [7, 11) is 3.09. The van der Waals surface area contributed by atoms with E-state index >= 15 is 0 Å². The van der Waals surface area contributed by atoms with Crippen molar-refractivity contribution in [3.63, 3.8) is 0 Å². The van der Waals surface area contributed by atoms with Gasteiger partial charge in [-0.1, -0.05) is 18.2 Å². The second kappa shape index (κ2) is 10.8. The predicted octanol–water partition coefficient (Wildman–Crippen LogP) is 5.07. The van der Waals surface area contributed by atoms with E-state index < -0.39 is 0 Å². The number of hydrogen-bond donors (Lipinski definition) is 2. The molecule has 36 heavy (non-hydrogen) atoms. The second-order valence-electron chi connectivity index (χ2n) is 8.41. The van der Waals surface area contributed by atoms with Gasteiger partial charge >= 0.3 is 0 Å². The number of amides is 2. The summed E-state index contributed by atoms with van der Waals surface area (Å²) in [6, 6.07) is 18.4. The number of ether oxygens (including phenoxy) is 2. The summed E-state index contributed by atoms with van der Waals surface area (Å²) in [5.74, 6) is 0.626. The normalized spacial score (nSPS) is 10.6. The van der Waals surface area contributed by atoms with Crippen molar-refractivity contribution < 1.29 is 19.1 Å². The van der Waals surface area contributed by atoms with E-state index in [9.17, 15) is 9.59 Å². The Hall–Kier alpha value is -4.59. The molecule has 0 aliphatic heterocycles. The molecule has 0 atom stereocenters. The minimum atomic E-state index is -0.328. The third-order valence-corrected chi connectivity index (χ3v) is 5.85. The van der Waals surface area contributed by atoms with Gasteiger partial charge in [0, 0.05) is 35.7 Å². The fourth-order valence-corrected chi connectivity index (χ4v) is 3.66. The van der Waals surface area contributed by atoms with Crippen LogP contribution in [-0.2, 0) is 6.54 Å². The van der Waals surface area contributed by atoms with E-state index in [1.54, 1.807) is 37.8 Å². The molecule has 1 heterocycles. The first kappa shape index (κ1) is 24.5. The molecule has 184 valence electrons. The van der Waals surface area contributed by atoms with Crippen molar-refractivity contribution in [3.8, 4) is 11.5 Å². The lowest BCUT2D eigenvalue weighted by atomic mass is 10.1. The fourth-order valence-electron chi connectivity index (χ4n) is 3.66. The van der Waals surface area contributed by atoms with Gasteiger partial charge in [0.2, 0.25) is 0 Å². The van der Waals surface area contributed by atoms with E-state index in [1.807, 2.05) is 60.9 Å². The molecule has 4 rings (SSSR count). The first-order valence-electron chi connectivity index (χ1n) is 11.4. The number of aromatic nitrogens is 2. The third kappa shape index (κ3) is 5.72. The van der Waals surface area contributed by atoms with Crippen molar-refractivity contribution in [2.24, 2.45) is 0 Å². The summed E-state index contributed by atoms with van der Waals surface area (Å²) in [6.07, 6.45) is 3.30. The molecule has 4 aromatic rings. The average Bonchev–Trinajstić information content (AvgIpc) is 3.35. The second-order valence-corrected chi connectivity index (χ2v) is 8.41. The van der Waals surface area contributed by atoms with Crippen molar-refractivity contribution in [1.82, 2.24) is 9.55 Å². The first-order valence-corrected chi connectivity index (χ1v) is 11.4. The Labute approximate surface area is 209 Å². The number of carbonyl (C=O) groups is 2. The van der Waals surface area contributed by atoms with Gasteiger partial charge in [0.1, 0.15) is 5.69 Å². The van der Waals surface area contributed by atoms with Gasteiger partial charge in [-0.15, -0.1) is 0 Å². The number of nitrogens with one attached hydrogen (secondary N) is 2. The highest BCUT2D eigenvalue weighted by atomic mass is 16.5. The van der Waals surface area contributed by atoms with Crippen LogP contribution in [0.4, 0.5) is 11.4 Å². The zero-order valence-corrected chi connectivity index (χ0v) is 20.7. The molecule has 0 fully saturated rings. The van der Waals surface area contributed by atoms with Gasteiger partial charge in [-0.3, -0.25) is 9.59 Å². The standard InChI is InChI=1S/C28H28N4O4/c1-18-5-8-21(13-19(18)2)27(33)30-22-9-6-20(7-10-22)15-32-16-24(29-17-32)28(34)31-23-11-12-25(35-3)26(14-23)36-4/h5-14,16-17H,15H2,1-4H3,(H,30,33)(H,31,34). The van der Waals surface area contributed by atoms with Gasteiger partial charge in [0.05, 0.1) is 20.5 Å². The molecule has 0 aliphatic rings. The molecule has 0 saturated heterocycles. The SMILES string of the molecule is COc1ccc(NC(=O)c2cn(Cc3ccc(NC(=O)c4ccc(C)c(C)c4)cc3)cn2)cc1OC. The number of hydrogen-bond acceptors (Lipinski definition) is 5. The lowest BCUT2D eigenvalue weighted by molar-refractivity contribution is 0.101. The molecule has 0 radical (unpaired) electrons. The minimum Gasteiger partial charge on any atom is -0.493 e. The van der Waals surface area contributed by atoms with E-state index in [0.29, 0.717) is 40.7 Å². The largest absolute Gasteiger partial charge is 0.493 e. The van der Waals surface area contributed by atoms with E-state index in [-0.39, 0.29) is 11.8 Å². The summed E-state index contributed by atoms with van der Waals surface area (Å²) in [6.45, 7) is 4.54. The van der Waals surface area contributed by atoms with Crippen LogP contribution in [0.5, 0.6) is 11.5 Å². The van der Waals surface area contributed by atoms with Gasteiger partial charge in [0.15, 0.2) is 11.5 Å². The van der Waals surface area contributed by atoms with Crippen molar-refractivity contribution >= 4 is 23.2 Å². The molecular formula is C28H28N4O4. The highest BCUT2D eigenvalue weighted by Crippen LogP contribution is 2.29. The molecule has 0 saturated carbocycles. The zero-order valence-electron chi connectivity index (χ0n) is 20.7. The van der Waals surface area contributed by atoms with Crippen LogP contribution in [0.25, 0.3) is 0 Å². The summed E-state index contributed by atoms with van der Waals surface area (Å²) >= 11 is 0. The van der Waals surface area contributed by atoms with Gasteiger partial charge in [-0.25, -0.2) is 4.98 Å². The third-order valence-electron chi connectivity index (χ3n) is 5.85. The monoisotopic (exact) mass is 484 g/mol. The van der Waals surface area contributed by atoms with E-state index in [0.717, 1.165) is 16.7 Å². The van der Waals surface area contributed by atoms with Crippen molar-refractivity contribution in [2.45, 2.75) is 20.4 Å². The Bertz CT molecular complexity index is 1390. The van der Waals surface area contributed by atoms with Crippen LogP contribution in [0.15, 0.2) is 73.2 Å². The molecule has 8 heteroatoms. The summed E-state index contributed by atoms with van der Waals surface area (Å²) in [5.41, 5.74) is 5.44. The number of aryl methyl sites for hydroxylation is 2. The number of anilines is 2. The maximum atomic E-state index is 12.6. The number of carbonyl (C=O) groups excluding carboxylic acids is 2. The van der Waals surface area contributed by atoms with E-state index in [1.165, 1.54) is 7.11 Å². The molecule has 2 N–H and O–H groups in total. The summed E-state index contributed by atoms with van der Waals surface area (Å²) in [4.78, 5) is 29.4. The molecule has 8 nitrogen and oxygen atoms in total. The maximum absolute atomic E-state index is 12.6. The first-order chi connectivity index (χ1) is 17.4. The van der Waals surface area contributed by atoms with Crippen LogP contribution < -0.4 is 20.1 Å². The van der Waals surface area contributed by atoms with E-state index in [2.05, 4.69) is 15.6 Å². The van der Waals surface area contributed by atoms with Crippen molar-refractivity contribution in [1.29, 1.82) is 0 Å². The molecule has 0 spiro atoms. The van der Waals surface area contributed by atoms with Gasteiger partial charge < -0.3 is 24.7 Å². The average molecular weight is 485 g/mol. The Morgan fingerprint density at radius 2 is 1.50 bits per heavy atom. The van der Waals surface area contributed by atoms with E-state index in [4.69, 9.17) is 9.47 Å². The van der Waals surface area contributed by atoms with Gasteiger partial charge in [-0.2, -0.15) is 0 Å². The zero-order chi connectivity index (χ0) is 25.7. The van der Waals surface area contributed by atoms with Crippen LogP contribution in [0, 0.1) is 13.8 Å². The Balaban J connectivity index is 1.36. The highest BCUT2D eigenvalue weighted by molar-refractivity contribution is 6.04. The van der Waals surface area contributed by atoms with Gasteiger partial charge in [0.25, 0.3) is 11.8 Å². The molecule has 3 aromatic carbocycles. The summed E-state index contributed by atoms with van der Waals surface area (Å²) in [5, 5.41) is 5.74. The molecular weight excluding hydrogens is 456 g/mol. The minimum absolute atomic E-state index is 0.148. The van der Waals surface area contributed by atoms with Crippen LogP contribution >= 0.6 is 0 Å². The lowest BCUT2D eigenvalue weighted by Gasteiger charge is -2.10. The lowest BCUT2D eigenvalue weighted by Crippen LogP contribution is -2.12. The Morgan fingerprint density at radius 1 is 0.806 bits per heavy atom. The van der Waals surface area contributed by atoms with Crippen molar-refractivity contribution in [2.75, 3.05) is 24.9 Å². The summed E-state index contributed by atoms with van der Waals surface area (Å²) < 4.78 is 12.3. The Kier molecular flexibility index (Phi) is 7.34. The number of imidazole rings is 1. The smallest absolute Gasteiger partial charge is 0.275 e. The molecule has 2 amide bonds.